The average Bonchev–Trinajstić information content (AvgIpc) is 3.65. The Morgan fingerprint density at radius 1 is 0.949 bits per heavy atom. The van der Waals surface area contributed by atoms with Crippen LogP contribution in [-0.2, 0) is 29.0 Å². The Labute approximate surface area is 229 Å². The van der Waals surface area contributed by atoms with Gasteiger partial charge in [0.2, 0.25) is 0 Å². The molecule has 0 spiro atoms. The summed E-state index contributed by atoms with van der Waals surface area (Å²) in [7, 11) is 0. The Bertz CT molecular complexity index is 1370. The second-order valence-electron chi connectivity index (χ2n) is 9.90. The van der Waals surface area contributed by atoms with Crippen molar-refractivity contribution in [3.8, 4) is 17.2 Å². The first-order chi connectivity index (χ1) is 19.3. The van der Waals surface area contributed by atoms with E-state index in [0.29, 0.717) is 19.8 Å². The van der Waals surface area contributed by atoms with Gasteiger partial charge in [0.1, 0.15) is 30.0 Å². The number of hydrogen-bond acceptors (Lipinski definition) is 6. The maximum Gasteiger partial charge on any atom is 0.176 e. The van der Waals surface area contributed by atoms with Gasteiger partial charge in [0.05, 0.1) is 19.5 Å². The summed E-state index contributed by atoms with van der Waals surface area (Å²) in [5.74, 6) is 2.58. The largest absolute Gasteiger partial charge is 0.491 e. The fourth-order valence-electron chi connectivity index (χ4n) is 4.92. The number of hydrogen-bond donors (Lipinski definition) is 0. The predicted octanol–water partition coefficient (Wildman–Crippen LogP) is 5.57. The molecule has 1 aromatic heterocycles. The lowest BCUT2D eigenvalue weighted by atomic mass is 9.99. The molecule has 0 aliphatic carbocycles. The summed E-state index contributed by atoms with van der Waals surface area (Å²) in [6.07, 6.45) is 10.5. The van der Waals surface area contributed by atoms with Crippen LogP contribution in [0.4, 0.5) is 0 Å². The monoisotopic (exact) mass is 523 g/mol. The van der Waals surface area contributed by atoms with Crippen LogP contribution >= 0.6 is 0 Å². The van der Waals surface area contributed by atoms with E-state index in [1.807, 2.05) is 53.2 Å². The van der Waals surface area contributed by atoms with Crippen LogP contribution < -0.4 is 9.47 Å². The van der Waals surface area contributed by atoms with Crippen LogP contribution in [0.25, 0.3) is 6.08 Å². The maximum atomic E-state index is 6.07. The van der Waals surface area contributed by atoms with E-state index in [1.54, 1.807) is 12.5 Å². The number of aromatic nitrogens is 2. The molecule has 0 bridgehead atoms. The van der Waals surface area contributed by atoms with E-state index in [4.69, 9.17) is 18.9 Å². The topological polar surface area (TPSA) is 58.0 Å². The Morgan fingerprint density at radius 3 is 2.77 bits per heavy atom. The molecule has 2 aliphatic heterocycles. The summed E-state index contributed by atoms with van der Waals surface area (Å²) in [6.45, 7) is 4.52. The lowest BCUT2D eigenvalue weighted by Gasteiger charge is -2.28. The first-order valence-corrected chi connectivity index (χ1v) is 13.5. The van der Waals surface area contributed by atoms with Gasteiger partial charge in [0.25, 0.3) is 0 Å². The summed E-state index contributed by atoms with van der Waals surface area (Å²) in [4.78, 5) is 6.52. The van der Waals surface area contributed by atoms with E-state index in [9.17, 15) is 0 Å². The standard InChI is InChI=1S/C32H33N3O4/c1-2-8-28(9-3-1)38-30-10-4-6-25(18-30)7-5-15-34-16-13-26-19-29(12-11-27(26)20-34)36-22-31-23-37-32(39-31)21-35-17-14-33-24-35/h1-12,14,17-19,24,31-32H,13,15-16,20-23H2/b7-5+. The van der Waals surface area contributed by atoms with E-state index in [0.717, 1.165) is 48.9 Å². The molecule has 2 atom stereocenters. The number of benzene rings is 3. The highest BCUT2D eigenvalue weighted by molar-refractivity contribution is 5.52. The zero-order valence-electron chi connectivity index (χ0n) is 21.9. The smallest absolute Gasteiger partial charge is 0.176 e. The molecule has 39 heavy (non-hydrogen) atoms. The van der Waals surface area contributed by atoms with Crippen molar-refractivity contribution in [1.29, 1.82) is 0 Å². The molecule has 0 amide bonds. The van der Waals surface area contributed by atoms with Crippen LogP contribution in [0.5, 0.6) is 17.2 Å². The number of ether oxygens (including phenoxy) is 4. The molecule has 1 fully saturated rings. The van der Waals surface area contributed by atoms with Gasteiger partial charge < -0.3 is 23.5 Å². The van der Waals surface area contributed by atoms with Gasteiger partial charge in [-0.2, -0.15) is 0 Å². The minimum absolute atomic E-state index is 0.0672. The van der Waals surface area contributed by atoms with E-state index in [2.05, 4.69) is 52.4 Å². The predicted molar refractivity (Wildman–Crippen MR) is 150 cm³/mol. The van der Waals surface area contributed by atoms with Crippen LogP contribution in [0.1, 0.15) is 16.7 Å². The third-order valence-corrected chi connectivity index (χ3v) is 6.95. The van der Waals surface area contributed by atoms with Gasteiger partial charge in [-0.15, -0.1) is 0 Å². The first-order valence-electron chi connectivity index (χ1n) is 13.5. The fraction of sp³-hybridized carbons (Fsp3) is 0.281. The third-order valence-electron chi connectivity index (χ3n) is 6.95. The lowest BCUT2D eigenvalue weighted by molar-refractivity contribution is -0.0726. The van der Waals surface area contributed by atoms with E-state index >= 15 is 0 Å². The normalized spacial score (nSPS) is 19.3. The number of fused-ring (bicyclic) bond motifs is 1. The molecule has 3 aromatic carbocycles. The Kier molecular flexibility index (Phi) is 8.00. The molecule has 0 N–H and O–H groups in total. The molecular weight excluding hydrogens is 490 g/mol. The molecule has 7 nitrogen and oxygen atoms in total. The van der Waals surface area contributed by atoms with Gasteiger partial charge in [-0.05, 0) is 59.5 Å². The van der Waals surface area contributed by atoms with Crippen molar-refractivity contribution in [3.05, 3.63) is 114 Å². The van der Waals surface area contributed by atoms with Gasteiger partial charge in [-0.3, -0.25) is 4.90 Å². The molecule has 200 valence electrons. The van der Waals surface area contributed by atoms with E-state index in [1.165, 1.54) is 11.1 Å². The van der Waals surface area contributed by atoms with Crippen molar-refractivity contribution in [3.63, 3.8) is 0 Å². The van der Waals surface area contributed by atoms with Gasteiger partial charge in [-0.25, -0.2) is 4.98 Å². The van der Waals surface area contributed by atoms with Crippen LogP contribution in [0.2, 0.25) is 0 Å². The first kappa shape index (κ1) is 25.4. The third kappa shape index (κ3) is 6.95. The van der Waals surface area contributed by atoms with Crippen LogP contribution in [0.3, 0.4) is 0 Å². The van der Waals surface area contributed by atoms with Crippen molar-refractivity contribution in [2.75, 3.05) is 26.3 Å². The van der Waals surface area contributed by atoms with Gasteiger partial charge in [0.15, 0.2) is 6.29 Å². The summed E-state index contributed by atoms with van der Waals surface area (Å²) in [5.41, 5.74) is 3.86. The average molecular weight is 524 g/mol. The zero-order valence-corrected chi connectivity index (χ0v) is 21.9. The molecule has 3 heterocycles. The van der Waals surface area contributed by atoms with Crippen molar-refractivity contribution >= 4 is 6.08 Å². The van der Waals surface area contributed by atoms with Crippen LogP contribution in [0.15, 0.2) is 97.6 Å². The number of para-hydroxylation sites is 1. The number of rotatable bonds is 10. The van der Waals surface area contributed by atoms with Crippen LogP contribution in [0, 0.1) is 0 Å². The molecule has 0 saturated carbocycles. The summed E-state index contributed by atoms with van der Waals surface area (Å²) < 4.78 is 25.7. The molecular formula is C32H33N3O4. The second-order valence-corrected chi connectivity index (χ2v) is 9.90. The number of nitrogens with zero attached hydrogens (tertiary/aromatic N) is 3. The van der Waals surface area contributed by atoms with Gasteiger partial charge in [-0.1, -0.05) is 48.6 Å². The Morgan fingerprint density at radius 2 is 1.87 bits per heavy atom. The van der Waals surface area contributed by atoms with E-state index < -0.39 is 0 Å². The maximum absolute atomic E-state index is 6.07. The van der Waals surface area contributed by atoms with Crippen molar-refractivity contribution < 1.29 is 18.9 Å². The highest BCUT2D eigenvalue weighted by Crippen LogP contribution is 2.25. The molecule has 4 aromatic rings. The highest BCUT2D eigenvalue weighted by Gasteiger charge is 2.27. The van der Waals surface area contributed by atoms with E-state index in [-0.39, 0.29) is 12.4 Å². The fourth-order valence-corrected chi connectivity index (χ4v) is 4.92. The molecule has 7 heteroatoms. The van der Waals surface area contributed by atoms with Crippen molar-refractivity contribution in [1.82, 2.24) is 14.5 Å². The Hall–Kier alpha value is -3.91. The Balaban J connectivity index is 0.963. The molecule has 1 saturated heterocycles. The summed E-state index contributed by atoms with van der Waals surface area (Å²) in [6, 6.07) is 24.5. The quantitative estimate of drug-likeness (QED) is 0.271. The second kappa shape index (κ2) is 12.3. The SMILES string of the molecule is C(=C\c1cccc(Oc2ccccc2)c1)/CN1CCc2cc(OCC3COC(Cn4ccnc4)O3)ccc2C1. The minimum Gasteiger partial charge on any atom is -0.491 e. The molecule has 2 aliphatic rings. The zero-order chi connectivity index (χ0) is 26.3. The summed E-state index contributed by atoms with van der Waals surface area (Å²) >= 11 is 0. The minimum atomic E-state index is -0.261. The van der Waals surface area contributed by atoms with Crippen LogP contribution in [-0.4, -0.2) is 53.1 Å². The molecule has 0 radical (unpaired) electrons. The summed E-state index contributed by atoms with van der Waals surface area (Å²) in [5, 5.41) is 0. The van der Waals surface area contributed by atoms with Crippen molar-refractivity contribution in [2.24, 2.45) is 0 Å². The molecule has 2 unspecified atom stereocenters. The lowest BCUT2D eigenvalue weighted by Crippen LogP contribution is -2.30. The van der Waals surface area contributed by atoms with Gasteiger partial charge >= 0.3 is 0 Å². The number of imidazole rings is 1. The van der Waals surface area contributed by atoms with Crippen molar-refractivity contribution in [2.45, 2.75) is 31.9 Å². The highest BCUT2D eigenvalue weighted by atomic mass is 16.7. The van der Waals surface area contributed by atoms with Gasteiger partial charge in [0, 0.05) is 32.0 Å². The molecule has 6 rings (SSSR count).